The van der Waals surface area contributed by atoms with Gasteiger partial charge in [0.05, 0.1) is 0 Å². The lowest BCUT2D eigenvalue weighted by Gasteiger charge is -2.23. The van der Waals surface area contributed by atoms with Gasteiger partial charge in [0.2, 0.25) is 5.91 Å². The first kappa shape index (κ1) is 12.3. The van der Waals surface area contributed by atoms with Gasteiger partial charge in [0.25, 0.3) is 0 Å². The summed E-state index contributed by atoms with van der Waals surface area (Å²) in [6.07, 6.45) is 6.42. The first-order chi connectivity index (χ1) is 9.25. The summed E-state index contributed by atoms with van der Waals surface area (Å²) in [5.41, 5.74) is 2.56. The van der Waals surface area contributed by atoms with E-state index in [0.29, 0.717) is 0 Å². The molecule has 1 fully saturated rings. The minimum absolute atomic E-state index is 0.242. The van der Waals surface area contributed by atoms with Crippen molar-refractivity contribution in [3.63, 3.8) is 0 Å². The highest BCUT2D eigenvalue weighted by Crippen LogP contribution is 2.26. The zero-order valence-electron chi connectivity index (χ0n) is 11.4. The third-order valence-corrected chi connectivity index (χ3v) is 4.15. The first-order valence-electron chi connectivity index (χ1n) is 7.06. The van der Waals surface area contributed by atoms with Gasteiger partial charge in [0.15, 0.2) is 0 Å². The SMILES string of the molecule is Cn1cc(CCNC(=O)C2CCC2)c2ccccc21. The molecule has 3 heteroatoms. The monoisotopic (exact) mass is 256 g/mol. The highest BCUT2D eigenvalue weighted by Gasteiger charge is 2.24. The number of hydrogen-bond donors (Lipinski definition) is 1. The molecule has 0 unspecified atom stereocenters. The van der Waals surface area contributed by atoms with Crippen LogP contribution in [0.25, 0.3) is 10.9 Å². The number of amides is 1. The van der Waals surface area contributed by atoms with Crippen LogP contribution in [0.5, 0.6) is 0 Å². The number of carbonyl (C=O) groups is 1. The van der Waals surface area contributed by atoms with Crippen LogP contribution in [-0.2, 0) is 18.3 Å². The standard InChI is InChI=1S/C16H20N2O/c1-18-11-13(14-7-2-3-8-15(14)18)9-10-17-16(19)12-5-4-6-12/h2-3,7-8,11-12H,4-6,9-10H2,1H3,(H,17,19). The Kier molecular flexibility index (Phi) is 3.28. The van der Waals surface area contributed by atoms with Gasteiger partial charge in [-0.2, -0.15) is 0 Å². The van der Waals surface area contributed by atoms with E-state index in [4.69, 9.17) is 0 Å². The summed E-state index contributed by atoms with van der Waals surface area (Å²) in [5.74, 6) is 0.527. The molecule has 0 spiro atoms. The lowest BCUT2D eigenvalue weighted by atomic mass is 9.85. The molecule has 1 aliphatic rings. The van der Waals surface area contributed by atoms with Gasteiger partial charge in [-0.05, 0) is 30.9 Å². The van der Waals surface area contributed by atoms with Crippen LogP contribution in [0.4, 0.5) is 0 Å². The Labute approximate surface area is 113 Å². The number of carbonyl (C=O) groups excluding carboxylic acids is 1. The molecule has 1 heterocycles. The Morgan fingerprint density at radius 1 is 1.37 bits per heavy atom. The Balaban J connectivity index is 1.63. The lowest BCUT2D eigenvalue weighted by Crippen LogP contribution is -2.35. The summed E-state index contributed by atoms with van der Waals surface area (Å²) < 4.78 is 2.15. The van der Waals surface area contributed by atoms with Crippen LogP contribution in [0, 0.1) is 5.92 Å². The first-order valence-corrected chi connectivity index (χ1v) is 7.06. The average Bonchev–Trinajstić information content (AvgIpc) is 2.65. The molecule has 1 aromatic carbocycles. The lowest BCUT2D eigenvalue weighted by molar-refractivity contribution is -0.127. The smallest absolute Gasteiger partial charge is 0.223 e. The molecule has 100 valence electrons. The van der Waals surface area contributed by atoms with E-state index in [1.807, 2.05) is 0 Å². The zero-order valence-corrected chi connectivity index (χ0v) is 11.4. The van der Waals surface area contributed by atoms with Crippen molar-refractivity contribution >= 4 is 16.8 Å². The van der Waals surface area contributed by atoms with Crippen LogP contribution in [-0.4, -0.2) is 17.0 Å². The van der Waals surface area contributed by atoms with Crippen LogP contribution >= 0.6 is 0 Å². The molecular weight excluding hydrogens is 236 g/mol. The molecule has 19 heavy (non-hydrogen) atoms. The van der Waals surface area contributed by atoms with E-state index in [1.165, 1.54) is 22.9 Å². The van der Waals surface area contributed by atoms with Crippen molar-refractivity contribution in [3.05, 3.63) is 36.0 Å². The van der Waals surface area contributed by atoms with Crippen molar-refractivity contribution in [2.75, 3.05) is 6.54 Å². The van der Waals surface area contributed by atoms with Gasteiger partial charge in [-0.25, -0.2) is 0 Å². The second-order valence-electron chi connectivity index (χ2n) is 5.45. The predicted octanol–water partition coefficient (Wildman–Crippen LogP) is 2.64. The van der Waals surface area contributed by atoms with Crippen LogP contribution in [0.1, 0.15) is 24.8 Å². The Hall–Kier alpha value is -1.77. The maximum absolute atomic E-state index is 11.8. The van der Waals surface area contributed by atoms with Gasteiger partial charge >= 0.3 is 0 Å². The normalized spacial score (nSPS) is 15.4. The van der Waals surface area contributed by atoms with Crippen molar-refractivity contribution in [1.29, 1.82) is 0 Å². The van der Waals surface area contributed by atoms with Crippen molar-refractivity contribution in [2.45, 2.75) is 25.7 Å². The minimum Gasteiger partial charge on any atom is -0.356 e. The molecule has 1 aromatic heterocycles. The number of benzene rings is 1. The summed E-state index contributed by atoms with van der Waals surface area (Å²) >= 11 is 0. The summed E-state index contributed by atoms with van der Waals surface area (Å²) in [7, 11) is 2.07. The number of rotatable bonds is 4. The van der Waals surface area contributed by atoms with Crippen LogP contribution in [0.3, 0.4) is 0 Å². The van der Waals surface area contributed by atoms with Crippen molar-refractivity contribution < 1.29 is 4.79 Å². The third kappa shape index (κ3) is 2.37. The van der Waals surface area contributed by atoms with E-state index in [2.05, 4.69) is 47.4 Å². The molecule has 2 aromatic rings. The Morgan fingerprint density at radius 2 is 2.16 bits per heavy atom. The van der Waals surface area contributed by atoms with Gasteiger partial charge in [0.1, 0.15) is 0 Å². The maximum Gasteiger partial charge on any atom is 0.223 e. The highest BCUT2D eigenvalue weighted by atomic mass is 16.1. The van der Waals surface area contributed by atoms with E-state index in [1.54, 1.807) is 0 Å². The van der Waals surface area contributed by atoms with Crippen molar-refractivity contribution in [3.8, 4) is 0 Å². The number of fused-ring (bicyclic) bond motifs is 1. The molecular formula is C16H20N2O. The number of nitrogens with one attached hydrogen (secondary N) is 1. The van der Waals surface area contributed by atoms with E-state index >= 15 is 0 Å². The van der Waals surface area contributed by atoms with Gasteiger partial charge in [-0.1, -0.05) is 24.6 Å². The van der Waals surface area contributed by atoms with E-state index in [0.717, 1.165) is 25.8 Å². The number of aryl methyl sites for hydroxylation is 1. The summed E-state index contributed by atoms with van der Waals surface area (Å²) in [4.78, 5) is 11.8. The molecule has 3 rings (SSSR count). The summed E-state index contributed by atoms with van der Waals surface area (Å²) in [6, 6.07) is 8.41. The molecule has 0 bridgehead atoms. The average molecular weight is 256 g/mol. The molecule has 1 N–H and O–H groups in total. The Bertz CT molecular complexity index is 596. The van der Waals surface area contributed by atoms with Gasteiger partial charge in [-0.15, -0.1) is 0 Å². The van der Waals surface area contributed by atoms with Crippen LogP contribution in [0.15, 0.2) is 30.5 Å². The summed E-state index contributed by atoms with van der Waals surface area (Å²) in [6.45, 7) is 0.739. The van der Waals surface area contributed by atoms with Gasteiger partial charge in [0, 0.05) is 36.6 Å². The van der Waals surface area contributed by atoms with E-state index in [-0.39, 0.29) is 11.8 Å². The quantitative estimate of drug-likeness (QED) is 0.896. The molecule has 3 nitrogen and oxygen atoms in total. The fourth-order valence-electron chi connectivity index (χ4n) is 2.76. The van der Waals surface area contributed by atoms with E-state index in [9.17, 15) is 4.79 Å². The molecule has 0 saturated heterocycles. The fourth-order valence-corrected chi connectivity index (χ4v) is 2.76. The highest BCUT2D eigenvalue weighted by molar-refractivity contribution is 5.84. The van der Waals surface area contributed by atoms with Gasteiger partial charge in [-0.3, -0.25) is 4.79 Å². The number of nitrogens with zero attached hydrogens (tertiary/aromatic N) is 1. The molecule has 1 saturated carbocycles. The molecule has 1 aliphatic carbocycles. The maximum atomic E-state index is 11.8. The molecule has 0 radical (unpaired) electrons. The van der Waals surface area contributed by atoms with Crippen molar-refractivity contribution in [1.82, 2.24) is 9.88 Å². The second kappa shape index (κ2) is 5.08. The molecule has 0 aliphatic heterocycles. The van der Waals surface area contributed by atoms with Crippen LogP contribution in [0.2, 0.25) is 0 Å². The largest absolute Gasteiger partial charge is 0.356 e. The fraction of sp³-hybridized carbons (Fsp3) is 0.438. The molecule has 1 amide bonds. The minimum atomic E-state index is 0.242. The third-order valence-electron chi connectivity index (χ3n) is 4.15. The zero-order chi connectivity index (χ0) is 13.2. The van der Waals surface area contributed by atoms with Crippen LogP contribution < -0.4 is 5.32 Å². The van der Waals surface area contributed by atoms with Gasteiger partial charge < -0.3 is 9.88 Å². The summed E-state index contributed by atoms with van der Waals surface area (Å²) in [5, 5.41) is 4.35. The van der Waals surface area contributed by atoms with Crippen molar-refractivity contribution in [2.24, 2.45) is 13.0 Å². The predicted molar refractivity (Wildman–Crippen MR) is 77.0 cm³/mol. The second-order valence-corrected chi connectivity index (χ2v) is 5.45. The number of para-hydroxylation sites is 1. The Morgan fingerprint density at radius 3 is 2.89 bits per heavy atom. The topological polar surface area (TPSA) is 34.0 Å². The number of aromatic nitrogens is 1. The molecule has 0 atom stereocenters. The number of hydrogen-bond acceptors (Lipinski definition) is 1. The van der Waals surface area contributed by atoms with E-state index < -0.39 is 0 Å².